The molecular formula is C21H21NO4. The number of hydrogen-bond acceptors (Lipinski definition) is 5. The first kappa shape index (κ1) is 17.8. The van der Waals surface area contributed by atoms with E-state index < -0.39 is 6.29 Å². The lowest BCUT2D eigenvalue weighted by Gasteiger charge is -2.24. The average Bonchev–Trinajstić information content (AvgIpc) is 2.70. The van der Waals surface area contributed by atoms with Crippen LogP contribution in [0, 0.1) is 0 Å². The highest BCUT2D eigenvalue weighted by atomic mass is 16.7. The Morgan fingerprint density at radius 3 is 2.69 bits per heavy atom. The number of nitrogens with one attached hydrogen (secondary N) is 1. The number of ether oxygens (including phenoxy) is 3. The predicted molar refractivity (Wildman–Crippen MR) is 99.7 cm³/mol. The van der Waals surface area contributed by atoms with Crippen LogP contribution in [0.3, 0.4) is 0 Å². The second kappa shape index (κ2) is 8.87. The van der Waals surface area contributed by atoms with Gasteiger partial charge in [-0.2, -0.15) is 0 Å². The molecule has 0 aliphatic carbocycles. The third-order valence-electron chi connectivity index (χ3n) is 3.71. The van der Waals surface area contributed by atoms with Crippen LogP contribution in [-0.4, -0.2) is 19.0 Å². The van der Waals surface area contributed by atoms with Crippen LogP contribution in [0.2, 0.25) is 0 Å². The zero-order valence-electron chi connectivity index (χ0n) is 14.6. The Bertz CT molecular complexity index is 781. The van der Waals surface area contributed by atoms with Gasteiger partial charge in [-0.3, -0.25) is 4.79 Å². The van der Waals surface area contributed by atoms with Crippen LogP contribution >= 0.6 is 0 Å². The van der Waals surface area contributed by atoms with Crippen molar-refractivity contribution in [3.8, 4) is 5.75 Å². The van der Waals surface area contributed by atoms with Gasteiger partial charge in [0.15, 0.2) is 5.76 Å². The van der Waals surface area contributed by atoms with E-state index in [2.05, 4.69) is 5.32 Å². The molecule has 5 heteroatoms. The number of carbonyl (C=O) groups is 1. The molecule has 0 fully saturated rings. The molecule has 1 N–H and O–H groups in total. The normalized spacial score (nSPS) is 16.7. The van der Waals surface area contributed by atoms with E-state index in [4.69, 9.17) is 14.2 Å². The van der Waals surface area contributed by atoms with E-state index in [9.17, 15) is 4.79 Å². The van der Waals surface area contributed by atoms with E-state index in [-0.39, 0.29) is 11.5 Å². The molecule has 0 aromatic heterocycles. The predicted octanol–water partition coefficient (Wildman–Crippen LogP) is 4.21. The number of rotatable bonds is 7. The van der Waals surface area contributed by atoms with Gasteiger partial charge in [0, 0.05) is 23.5 Å². The minimum Gasteiger partial charge on any atom is -0.494 e. The summed E-state index contributed by atoms with van der Waals surface area (Å²) in [4.78, 5) is 12.3. The summed E-state index contributed by atoms with van der Waals surface area (Å²) in [6.45, 7) is 2.90. The highest BCUT2D eigenvalue weighted by Gasteiger charge is 2.21. The first-order valence-corrected chi connectivity index (χ1v) is 8.50. The van der Waals surface area contributed by atoms with Crippen molar-refractivity contribution >= 4 is 11.5 Å². The number of anilines is 1. The molecule has 2 aromatic carbocycles. The molecule has 0 amide bonds. The van der Waals surface area contributed by atoms with E-state index in [1.165, 1.54) is 6.08 Å². The average molecular weight is 351 g/mol. The third kappa shape index (κ3) is 4.74. The summed E-state index contributed by atoms with van der Waals surface area (Å²) in [5.41, 5.74) is 1.74. The van der Waals surface area contributed by atoms with Crippen LogP contribution in [0.5, 0.6) is 5.75 Å². The molecule has 0 radical (unpaired) electrons. The molecule has 1 aliphatic rings. The fourth-order valence-electron chi connectivity index (χ4n) is 2.45. The maximum Gasteiger partial charge on any atom is 0.227 e. The number of benzene rings is 2. The van der Waals surface area contributed by atoms with Crippen molar-refractivity contribution in [2.75, 3.05) is 18.5 Å². The molecule has 2 aromatic rings. The molecule has 0 saturated carbocycles. The maximum absolute atomic E-state index is 12.3. The summed E-state index contributed by atoms with van der Waals surface area (Å²) in [5, 5.41) is 3.06. The second-order valence-electron chi connectivity index (χ2n) is 5.56. The SMILES string of the molecule is CCOc1ccc(N/C=C\C(=O)C2=CCOC(c3ccccc3)O2)cc1. The van der Waals surface area contributed by atoms with E-state index in [0.717, 1.165) is 17.0 Å². The Morgan fingerprint density at radius 2 is 1.96 bits per heavy atom. The molecule has 134 valence electrons. The van der Waals surface area contributed by atoms with Crippen molar-refractivity contribution < 1.29 is 19.0 Å². The summed E-state index contributed by atoms with van der Waals surface area (Å²) >= 11 is 0. The summed E-state index contributed by atoms with van der Waals surface area (Å²) in [6.07, 6.45) is 4.11. The molecule has 1 heterocycles. The number of carbonyl (C=O) groups excluding carboxylic acids is 1. The van der Waals surface area contributed by atoms with E-state index in [1.807, 2.05) is 61.5 Å². The van der Waals surface area contributed by atoms with Gasteiger partial charge < -0.3 is 19.5 Å². The molecular weight excluding hydrogens is 330 g/mol. The highest BCUT2D eigenvalue weighted by Crippen LogP contribution is 2.26. The molecule has 1 atom stereocenters. The van der Waals surface area contributed by atoms with Crippen LogP contribution < -0.4 is 10.1 Å². The van der Waals surface area contributed by atoms with Gasteiger partial charge in [0.2, 0.25) is 12.1 Å². The zero-order valence-corrected chi connectivity index (χ0v) is 14.6. The van der Waals surface area contributed by atoms with Crippen LogP contribution in [0.1, 0.15) is 18.8 Å². The van der Waals surface area contributed by atoms with Crippen LogP contribution in [0.4, 0.5) is 5.69 Å². The molecule has 1 aliphatic heterocycles. The van der Waals surface area contributed by atoms with Gasteiger partial charge in [-0.15, -0.1) is 0 Å². The fraction of sp³-hybridized carbons (Fsp3) is 0.190. The minimum absolute atomic E-state index is 0.215. The lowest BCUT2D eigenvalue weighted by atomic mass is 10.2. The first-order valence-electron chi connectivity index (χ1n) is 8.50. The molecule has 0 spiro atoms. The van der Waals surface area contributed by atoms with Crippen molar-refractivity contribution in [1.82, 2.24) is 0 Å². The van der Waals surface area contributed by atoms with E-state index >= 15 is 0 Å². The number of allylic oxidation sites excluding steroid dienone is 1. The van der Waals surface area contributed by atoms with Crippen molar-refractivity contribution in [1.29, 1.82) is 0 Å². The van der Waals surface area contributed by atoms with Crippen molar-refractivity contribution in [3.05, 3.63) is 84.3 Å². The molecule has 5 nitrogen and oxygen atoms in total. The first-order chi connectivity index (χ1) is 12.8. The van der Waals surface area contributed by atoms with Gasteiger partial charge in [0.05, 0.1) is 13.2 Å². The number of ketones is 1. The summed E-state index contributed by atoms with van der Waals surface area (Å²) in [5.74, 6) is 0.883. The van der Waals surface area contributed by atoms with Crippen molar-refractivity contribution in [2.45, 2.75) is 13.2 Å². The molecule has 0 saturated heterocycles. The Labute approximate surface area is 152 Å². The third-order valence-corrected chi connectivity index (χ3v) is 3.71. The van der Waals surface area contributed by atoms with Gasteiger partial charge in [-0.05, 0) is 37.3 Å². The van der Waals surface area contributed by atoms with Crippen molar-refractivity contribution in [2.24, 2.45) is 0 Å². The van der Waals surface area contributed by atoms with Gasteiger partial charge in [0.25, 0.3) is 0 Å². The summed E-state index contributed by atoms with van der Waals surface area (Å²) in [6, 6.07) is 17.1. The number of hydrogen-bond donors (Lipinski definition) is 1. The maximum atomic E-state index is 12.3. The zero-order chi connectivity index (χ0) is 18.2. The van der Waals surface area contributed by atoms with Gasteiger partial charge in [-0.1, -0.05) is 30.3 Å². The smallest absolute Gasteiger partial charge is 0.227 e. The summed E-state index contributed by atoms with van der Waals surface area (Å²) in [7, 11) is 0. The lowest BCUT2D eigenvalue weighted by molar-refractivity contribution is -0.142. The van der Waals surface area contributed by atoms with Crippen LogP contribution in [0.15, 0.2) is 78.7 Å². The minimum atomic E-state index is -0.562. The Balaban J connectivity index is 1.55. The van der Waals surface area contributed by atoms with Crippen LogP contribution in [-0.2, 0) is 14.3 Å². The second-order valence-corrected chi connectivity index (χ2v) is 5.56. The Morgan fingerprint density at radius 1 is 1.19 bits per heavy atom. The standard InChI is InChI=1S/C21H21NO4/c1-2-24-18-10-8-17(9-11-18)22-14-12-19(23)20-13-15-25-21(26-20)16-6-4-3-5-7-16/h3-14,21-22H,2,15H2,1H3/b14-12-. The topological polar surface area (TPSA) is 56.8 Å². The molecule has 0 bridgehead atoms. The van der Waals surface area contributed by atoms with Gasteiger partial charge in [0.1, 0.15) is 5.75 Å². The van der Waals surface area contributed by atoms with Crippen molar-refractivity contribution in [3.63, 3.8) is 0 Å². The Kier molecular flexibility index (Phi) is 6.06. The van der Waals surface area contributed by atoms with Gasteiger partial charge >= 0.3 is 0 Å². The monoisotopic (exact) mass is 351 g/mol. The highest BCUT2D eigenvalue weighted by molar-refractivity contribution is 6.02. The molecule has 26 heavy (non-hydrogen) atoms. The quantitative estimate of drug-likeness (QED) is 0.757. The van der Waals surface area contributed by atoms with E-state index in [0.29, 0.717) is 13.2 Å². The van der Waals surface area contributed by atoms with E-state index in [1.54, 1.807) is 12.3 Å². The largest absolute Gasteiger partial charge is 0.494 e. The summed E-state index contributed by atoms with van der Waals surface area (Å²) < 4.78 is 16.6. The Hall–Kier alpha value is -3.05. The van der Waals surface area contributed by atoms with Crippen LogP contribution in [0.25, 0.3) is 0 Å². The molecule has 3 rings (SSSR count). The van der Waals surface area contributed by atoms with Gasteiger partial charge in [-0.25, -0.2) is 0 Å². The lowest BCUT2D eigenvalue weighted by Crippen LogP contribution is -2.18. The molecule has 1 unspecified atom stereocenters. The fourth-order valence-corrected chi connectivity index (χ4v) is 2.45.